The standard InChI is InChI=1S/C23H19ClF3N3O3S/c24-14-5-3-13(4-6-14)12-30-18-10-15(17(25)11-19(18)34(32)9-7-20(30)31)21-28-29-22(33-21)16-2-1-8-23(16,26)27/h3-6,10-11,16H,1-2,7-9,12H2. The molecule has 6 nitrogen and oxygen atoms in total. The van der Waals surface area contributed by atoms with Crippen LogP contribution in [-0.4, -0.2) is 32.0 Å². The first-order valence-electron chi connectivity index (χ1n) is 10.7. The van der Waals surface area contributed by atoms with E-state index in [2.05, 4.69) is 10.2 Å². The highest BCUT2D eigenvalue weighted by Crippen LogP contribution is 2.46. The average Bonchev–Trinajstić information content (AvgIpc) is 3.40. The highest BCUT2D eigenvalue weighted by atomic mass is 35.5. The molecule has 2 atom stereocenters. The van der Waals surface area contributed by atoms with Crippen molar-refractivity contribution in [1.82, 2.24) is 10.2 Å². The van der Waals surface area contributed by atoms with E-state index in [1.165, 1.54) is 11.0 Å². The Kier molecular flexibility index (Phi) is 5.97. The van der Waals surface area contributed by atoms with Crippen LogP contribution in [0, 0.1) is 5.82 Å². The Balaban J connectivity index is 1.56. The molecule has 0 saturated heterocycles. The fraction of sp³-hybridized carbons (Fsp3) is 0.348. The Morgan fingerprint density at radius 1 is 1.21 bits per heavy atom. The molecule has 2 heterocycles. The molecule has 3 aromatic rings. The molecule has 2 aliphatic rings. The normalized spacial score (nSPS) is 22.0. The molecule has 2 aromatic carbocycles. The van der Waals surface area contributed by atoms with Crippen molar-refractivity contribution in [1.29, 1.82) is 0 Å². The lowest BCUT2D eigenvalue weighted by molar-refractivity contribution is -0.118. The fourth-order valence-electron chi connectivity index (χ4n) is 4.32. The van der Waals surface area contributed by atoms with E-state index in [0.717, 1.165) is 11.6 Å². The van der Waals surface area contributed by atoms with Gasteiger partial charge in [0.05, 0.1) is 33.5 Å². The van der Waals surface area contributed by atoms with Crippen LogP contribution in [0.1, 0.15) is 43.1 Å². The van der Waals surface area contributed by atoms with Crippen LogP contribution in [0.25, 0.3) is 11.5 Å². The molecule has 1 saturated carbocycles. The smallest absolute Gasteiger partial charge is 0.259 e. The molecule has 0 N–H and O–H groups in total. The molecule has 5 rings (SSSR count). The minimum absolute atomic E-state index is 0.0211. The van der Waals surface area contributed by atoms with Gasteiger partial charge in [-0.25, -0.2) is 13.2 Å². The summed E-state index contributed by atoms with van der Waals surface area (Å²) in [5.74, 6) is -5.71. The number of alkyl halides is 2. The first-order valence-corrected chi connectivity index (χ1v) is 12.4. The maximum atomic E-state index is 15.1. The summed E-state index contributed by atoms with van der Waals surface area (Å²) in [6, 6.07) is 9.30. The third-order valence-electron chi connectivity index (χ3n) is 6.12. The second-order valence-corrected chi connectivity index (χ2v) is 10.3. The zero-order chi connectivity index (χ0) is 24.0. The Morgan fingerprint density at radius 3 is 2.68 bits per heavy atom. The predicted molar refractivity (Wildman–Crippen MR) is 120 cm³/mol. The summed E-state index contributed by atoms with van der Waals surface area (Å²) in [6.07, 6.45) is 0.281. The van der Waals surface area contributed by atoms with Crippen LogP contribution in [0.3, 0.4) is 0 Å². The lowest BCUT2D eigenvalue weighted by Gasteiger charge is -2.23. The first kappa shape index (κ1) is 23.0. The van der Waals surface area contributed by atoms with Gasteiger partial charge in [-0.3, -0.25) is 9.00 Å². The summed E-state index contributed by atoms with van der Waals surface area (Å²) < 4.78 is 61.6. The van der Waals surface area contributed by atoms with E-state index in [1.807, 2.05) is 0 Å². The van der Waals surface area contributed by atoms with Crippen molar-refractivity contribution in [3.05, 3.63) is 58.7 Å². The van der Waals surface area contributed by atoms with Crippen molar-refractivity contribution in [3.63, 3.8) is 0 Å². The molecule has 1 amide bonds. The zero-order valence-corrected chi connectivity index (χ0v) is 19.3. The SMILES string of the molecule is O=C1CCS(=O)c2cc(F)c(-c3nnc(C4CCCC4(F)F)o3)cc2N1Cc1ccc(Cl)cc1. The van der Waals surface area contributed by atoms with Crippen LogP contribution in [0.5, 0.6) is 0 Å². The molecule has 34 heavy (non-hydrogen) atoms. The number of amides is 1. The van der Waals surface area contributed by atoms with Crippen molar-refractivity contribution >= 4 is 34.0 Å². The Bertz CT molecular complexity index is 1280. The Morgan fingerprint density at radius 2 is 1.97 bits per heavy atom. The maximum absolute atomic E-state index is 15.1. The number of nitrogens with zero attached hydrogens (tertiary/aromatic N) is 3. The number of fused-ring (bicyclic) bond motifs is 1. The molecule has 1 fully saturated rings. The summed E-state index contributed by atoms with van der Waals surface area (Å²) in [7, 11) is -1.61. The van der Waals surface area contributed by atoms with E-state index in [9.17, 15) is 17.8 Å². The molecular formula is C23H19ClF3N3O3S. The van der Waals surface area contributed by atoms with Crippen LogP contribution < -0.4 is 4.90 Å². The van der Waals surface area contributed by atoms with Gasteiger partial charge in [0.15, 0.2) is 0 Å². The molecular weight excluding hydrogens is 491 g/mol. The van der Waals surface area contributed by atoms with Gasteiger partial charge in [0.25, 0.3) is 11.8 Å². The minimum Gasteiger partial charge on any atom is -0.420 e. The number of carbonyl (C=O) groups excluding carboxylic acids is 1. The zero-order valence-electron chi connectivity index (χ0n) is 17.8. The number of halogens is 4. The van der Waals surface area contributed by atoms with Gasteiger partial charge in [0.1, 0.15) is 11.7 Å². The van der Waals surface area contributed by atoms with Gasteiger partial charge >= 0.3 is 0 Å². The van der Waals surface area contributed by atoms with Crippen molar-refractivity contribution in [2.75, 3.05) is 10.7 Å². The molecule has 2 unspecified atom stereocenters. The first-order chi connectivity index (χ1) is 16.2. The molecule has 178 valence electrons. The number of anilines is 1. The van der Waals surface area contributed by atoms with Crippen LogP contribution in [0.4, 0.5) is 18.9 Å². The molecule has 1 aliphatic heterocycles. The maximum Gasteiger partial charge on any atom is 0.259 e. The largest absolute Gasteiger partial charge is 0.420 e. The second-order valence-electron chi connectivity index (χ2n) is 8.36. The number of benzene rings is 2. The third kappa shape index (κ3) is 4.24. The fourth-order valence-corrected chi connectivity index (χ4v) is 5.66. The minimum atomic E-state index is -2.96. The number of rotatable bonds is 4. The van der Waals surface area contributed by atoms with E-state index >= 15 is 4.39 Å². The lowest BCUT2D eigenvalue weighted by atomic mass is 10.1. The van der Waals surface area contributed by atoms with Gasteiger partial charge < -0.3 is 9.32 Å². The molecule has 0 spiro atoms. The van der Waals surface area contributed by atoms with Gasteiger partial charge in [-0.05, 0) is 42.7 Å². The molecule has 0 bridgehead atoms. The van der Waals surface area contributed by atoms with Crippen LogP contribution in [0.2, 0.25) is 5.02 Å². The van der Waals surface area contributed by atoms with Crippen LogP contribution in [-0.2, 0) is 22.1 Å². The lowest BCUT2D eigenvalue weighted by Crippen LogP contribution is -2.30. The van der Waals surface area contributed by atoms with E-state index in [1.54, 1.807) is 24.3 Å². The number of hydrogen-bond acceptors (Lipinski definition) is 5. The van der Waals surface area contributed by atoms with Gasteiger partial charge in [-0.1, -0.05) is 23.7 Å². The van der Waals surface area contributed by atoms with Crippen LogP contribution in [0.15, 0.2) is 45.7 Å². The van der Waals surface area contributed by atoms with Crippen LogP contribution >= 0.6 is 11.6 Å². The van der Waals surface area contributed by atoms with Gasteiger partial charge in [0, 0.05) is 23.6 Å². The summed E-state index contributed by atoms with van der Waals surface area (Å²) in [5, 5.41) is 8.09. The number of aromatic nitrogens is 2. The quantitative estimate of drug-likeness (QED) is 0.465. The Labute approximate surface area is 200 Å². The van der Waals surface area contributed by atoms with E-state index in [4.69, 9.17) is 16.0 Å². The molecule has 1 aromatic heterocycles. The van der Waals surface area contributed by atoms with Gasteiger partial charge in [0.2, 0.25) is 11.8 Å². The molecule has 1 aliphatic carbocycles. The van der Waals surface area contributed by atoms with Crippen molar-refractivity contribution in [2.24, 2.45) is 0 Å². The van der Waals surface area contributed by atoms with E-state index in [0.29, 0.717) is 11.4 Å². The third-order valence-corrected chi connectivity index (χ3v) is 7.77. The Hall–Kier alpha value is -2.72. The predicted octanol–water partition coefficient (Wildman–Crippen LogP) is 5.48. The molecule has 0 radical (unpaired) electrons. The van der Waals surface area contributed by atoms with E-state index < -0.39 is 28.5 Å². The van der Waals surface area contributed by atoms with Gasteiger partial charge in [-0.2, -0.15) is 0 Å². The topological polar surface area (TPSA) is 76.3 Å². The highest BCUT2D eigenvalue weighted by Gasteiger charge is 2.47. The average molecular weight is 510 g/mol. The van der Waals surface area contributed by atoms with Gasteiger partial charge in [-0.15, -0.1) is 10.2 Å². The summed E-state index contributed by atoms with van der Waals surface area (Å²) in [6.45, 7) is 0.147. The number of carbonyl (C=O) groups is 1. The summed E-state index contributed by atoms with van der Waals surface area (Å²) in [4.78, 5) is 14.5. The van der Waals surface area contributed by atoms with E-state index in [-0.39, 0.29) is 65.4 Å². The second kappa shape index (κ2) is 8.81. The van der Waals surface area contributed by atoms with Crippen molar-refractivity contribution < 1.29 is 26.6 Å². The highest BCUT2D eigenvalue weighted by molar-refractivity contribution is 7.85. The monoisotopic (exact) mass is 509 g/mol. The van der Waals surface area contributed by atoms with Crippen molar-refractivity contribution in [2.45, 2.75) is 49.0 Å². The molecule has 11 heteroatoms. The van der Waals surface area contributed by atoms with Crippen molar-refractivity contribution in [3.8, 4) is 11.5 Å². The summed E-state index contributed by atoms with van der Waals surface area (Å²) in [5.41, 5.74) is 0.871. The summed E-state index contributed by atoms with van der Waals surface area (Å²) >= 11 is 5.95. The number of hydrogen-bond donors (Lipinski definition) is 0.